The molecule has 2 aliphatic rings. The summed E-state index contributed by atoms with van der Waals surface area (Å²) in [5, 5.41) is 3.57. The fraction of sp³-hybridized carbons (Fsp3) is 0.478. The third kappa shape index (κ3) is 4.02. The summed E-state index contributed by atoms with van der Waals surface area (Å²) in [5.74, 6) is 2.49. The molecule has 2 aromatic rings. The van der Waals surface area contributed by atoms with Crippen molar-refractivity contribution in [3.63, 3.8) is 0 Å². The van der Waals surface area contributed by atoms with Crippen LogP contribution in [-0.2, 0) is 0 Å². The molecule has 0 bridgehead atoms. The summed E-state index contributed by atoms with van der Waals surface area (Å²) < 4.78 is 29.7. The topological polar surface area (TPSA) is 58.2 Å². The highest BCUT2D eigenvalue weighted by atomic mass is 16.7. The quantitative estimate of drug-likeness (QED) is 0.719. The number of rotatable bonds is 6. The van der Waals surface area contributed by atoms with Crippen LogP contribution in [0, 0.1) is 5.92 Å². The van der Waals surface area contributed by atoms with Crippen molar-refractivity contribution in [2.75, 3.05) is 11.9 Å². The number of para-hydroxylation sites is 2. The molecular weight excluding hydrogens is 370 g/mol. The number of anilines is 1. The third-order valence-electron chi connectivity index (χ3n) is 4.89. The Kier molecular flexibility index (Phi) is 4.68. The van der Waals surface area contributed by atoms with Crippen LogP contribution in [0.5, 0.6) is 28.7 Å². The monoisotopic (exact) mass is 399 g/mol. The molecule has 0 aromatic heterocycles. The lowest BCUT2D eigenvalue weighted by Gasteiger charge is -2.25. The van der Waals surface area contributed by atoms with Gasteiger partial charge in [0.05, 0.1) is 11.7 Å². The van der Waals surface area contributed by atoms with Gasteiger partial charge >= 0.3 is 0 Å². The van der Waals surface area contributed by atoms with Crippen molar-refractivity contribution < 1.29 is 23.7 Å². The molecule has 0 amide bonds. The van der Waals surface area contributed by atoms with Gasteiger partial charge in [-0.1, -0.05) is 26.0 Å². The van der Waals surface area contributed by atoms with Gasteiger partial charge in [0.15, 0.2) is 23.0 Å². The van der Waals surface area contributed by atoms with Gasteiger partial charge in [-0.15, -0.1) is 0 Å². The fourth-order valence-electron chi connectivity index (χ4n) is 3.45. The van der Waals surface area contributed by atoms with Crippen LogP contribution in [0.4, 0.5) is 5.69 Å². The first-order chi connectivity index (χ1) is 13.6. The Hall–Kier alpha value is -2.76. The van der Waals surface area contributed by atoms with Gasteiger partial charge in [0.25, 0.3) is 0 Å². The lowest BCUT2D eigenvalue weighted by Crippen LogP contribution is -2.33. The molecule has 6 nitrogen and oxygen atoms in total. The predicted octanol–water partition coefficient (Wildman–Crippen LogP) is 5.22. The van der Waals surface area contributed by atoms with Crippen molar-refractivity contribution in [1.82, 2.24) is 0 Å². The second-order valence-electron chi connectivity index (χ2n) is 8.73. The zero-order chi connectivity index (χ0) is 20.8. The van der Waals surface area contributed by atoms with Crippen molar-refractivity contribution >= 4 is 5.69 Å². The summed E-state index contributed by atoms with van der Waals surface area (Å²) in [4.78, 5) is 0. The molecule has 29 heavy (non-hydrogen) atoms. The van der Waals surface area contributed by atoms with E-state index >= 15 is 0 Å². The molecule has 2 heterocycles. The van der Waals surface area contributed by atoms with Gasteiger partial charge in [0, 0.05) is 27.7 Å². The molecule has 0 aliphatic carbocycles. The minimum atomic E-state index is -0.688. The molecule has 156 valence electrons. The molecule has 0 radical (unpaired) electrons. The van der Waals surface area contributed by atoms with Crippen molar-refractivity contribution in [2.24, 2.45) is 5.92 Å². The SMILES string of the molecule is CC(C)[C@@H](COc1cccc2c1OC(C)(C)O2)Nc1cccc2c1OC(C)(C)O2. The fourth-order valence-corrected chi connectivity index (χ4v) is 3.45. The zero-order valence-corrected chi connectivity index (χ0v) is 17.9. The van der Waals surface area contributed by atoms with Gasteiger partial charge < -0.3 is 29.0 Å². The number of ether oxygens (including phenoxy) is 5. The van der Waals surface area contributed by atoms with Crippen LogP contribution < -0.4 is 29.0 Å². The molecule has 6 heteroatoms. The molecule has 0 spiro atoms. The van der Waals surface area contributed by atoms with E-state index in [0.29, 0.717) is 29.8 Å². The maximum absolute atomic E-state index is 6.16. The maximum atomic E-state index is 6.16. The van der Waals surface area contributed by atoms with E-state index in [1.165, 1.54) is 0 Å². The highest BCUT2D eigenvalue weighted by molar-refractivity contribution is 5.65. The Morgan fingerprint density at radius 2 is 1.41 bits per heavy atom. The number of fused-ring (bicyclic) bond motifs is 2. The maximum Gasteiger partial charge on any atom is 0.246 e. The predicted molar refractivity (Wildman–Crippen MR) is 111 cm³/mol. The minimum Gasteiger partial charge on any atom is -0.487 e. The molecule has 0 unspecified atom stereocenters. The molecule has 0 fully saturated rings. The third-order valence-corrected chi connectivity index (χ3v) is 4.89. The molecule has 0 saturated carbocycles. The van der Waals surface area contributed by atoms with E-state index in [9.17, 15) is 0 Å². The second-order valence-corrected chi connectivity index (χ2v) is 8.73. The van der Waals surface area contributed by atoms with Gasteiger partial charge in [0.1, 0.15) is 6.61 Å². The van der Waals surface area contributed by atoms with Crippen molar-refractivity contribution in [3.05, 3.63) is 36.4 Å². The number of hydrogen-bond acceptors (Lipinski definition) is 6. The summed E-state index contributed by atoms with van der Waals surface area (Å²) in [6.07, 6.45) is 0. The average molecular weight is 399 g/mol. The number of hydrogen-bond donors (Lipinski definition) is 1. The molecule has 2 aliphatic heterocycles. The first-order valence-corrected chi connectivity index (χ1v) is 10.0. The van der Waals surface area contributed by atoms with E-state index in [4.69, 9.17) is 23.7 Å². The second kappa shape index (κ2) is 6.94. The number of nitrogens with one attached hydrogen (secondary N) is 1. The molecule has 1 N–H and O–H groups in total. The van der Waals surface area contributed by atoms with Crippen molar-refractivity contribution in [1.29, 1.82) is 0 Å². The molecule has 0 saturated heterocycles. The lowest BCUT2D eigenvalue weighted by molar-refractivity contribution is -0.0444. The molecular formula is C23H29NO5. The largest absolute Gasteiger partial charge is 0.487 e. The van der Waals surface area contributed by atoms with E-state index < -0.39 is 11.6 Å². The first kappa shape index (κ1) is 19.6. The summed E-state index contributed by atoms with van der Waals surface area (Å²) in [6.45, 7) is 12.3. The summed E-state index contributed by atoms with van der Waals surface area (Å²) in [6, 6.07) is 11.6. The Morgan fingerprint density at radius 1 is 0.828 bits per heavy atom. The van der Waals surface area contributed by atoms with Gasteiger partial charge in [-0.25, -0.2) is 0 Å². The number of benzene rings is 2. The first-order valence-electron chi connectivity index (χ1n) is 10.0. The van der Waals surface area contributed by atoms with E-state index in [1.54, 1.807) is 0 Å². The highest BCUT2D eigenvalue weighted by Crippen LogP contribution is 2.46. The average Bonchev–Trinajstić information content (AvgIpc) is 3.11. The van der Waals surface area contributed by atoms with Gasteiger partial charge in [-0.2, -0.15) is 0 Å². The Labute approximate surface area is 172 Å². The molecule has 2 aromatic carbocycles. The Morgan fingerprint density at radius 3 is 2.07 bits per heavy atom. The van der Waals surface area contributed by atoms with Crippen LogP contribution in [-0.4, -0.2) is 24.2 Å². The van der Waals surface area contributed by atoms with Crippen LogP contribution in [0.1, 0.15) is 41.5 Å². The standard InChI is InChI=1S/C23H29NO5/c1-14(2)16(24-15-9-7-11-18-20(15)28-22(3,4)26-18)13-25-17-10-8-12-19-21(17)29-23(5,6)27-19/h7-12,14,16,24H,13H2,1-6H3/t16-/m1/s1. The van der Waals surface area contributed by atoms with Crippen molar-refractivity contribution in [2.45, 2.75) is 59.2 Å². The molecule has 1 atom stereocenters. The van der Waals surface area contributed by atoms with E-state index in [-0.39, 0.29) is 6.04 Å². The van der Waals surface area contributed by atoms with Gasteiger partial charge in [-0.05, 0) is 30.2 Å². The minimum absolute atomic E-state index is 0.0556. The van der Waals surface area contributed by atoms with Crippen LogP contribution in [0.2, 0.25) is 0 Å². The van der Waals surface area contributed by atoms with Crippen LogP contribution >= 0.6 is 0 Å². The summed E-state index contributed by atoms with van der Waals surface area (Å²) >= 11 is 0. The van der Waals surface area contributed by atoms with Crippen molar-refractivity contribution in [3.8, 4) is 28.7 Å². The van der Waals surface area contributed by atoms with Crippen LogP contribution in [0.15, 0.2) is 36.4 Å². The highest BCUT2D eigenvalue weighted by Gasteiger charge is 2.35. The lowest BCUT2D eigenvalue weighted by atomic mass is 10.0. The zero-order valence-electron chi connectivity index (χ0n) is 17.9. The normalized spacial score (nSPS) is 18.6. The smallest absolute Gasteiger partial charge is 0.246 e. The Bertz CT molecular complexity index is 906. The molecule has 4 rings (SSSR count). The van der Waals surface area contributed by atoms with Crippen LogP contribution in [0.25, 0.3) is 0 Å². The van der Waals surface area contributed by atoms with E-state index in [2.05, 4.69) is 19.2 Å². The van der Waals surface area contributed by atoms with E-state index in [1.807, 2.05) is 64.1 Å². The van der Waals surface area contributed by atoms with Gasteiger partial charge in [0.2, 0.25) is 17.3 Å². The summed E-state index contributed by atoms with van der Waals surface area (Å²) in [7, 11) is 0. The van der Waals surface area contributed by atoms with Gasteiger partial charge in [-0.3, -0.25) is 0 Å². The van der Waals surface area contributed by atoms with Crippen LogP contribution in [0.3, 0.4) is 0 Å². The van der Waals surface area contributed by atoms with E-state index in [0.717, 1.165) is 17.2 Å². The Balaban J connectivity index is 1.49. The summed E-state index contributed by atoms with van der Waals surface area (Å²) in [5.41, 5.74) is 0.898.